The maximum Gasteiger partial charge on any atom is -0.0105 e. The fraction of sp³-hybridized carbons (Fsp3) is 0.286. The molecule has 0 saturated heterocycles. The van der Waals surface area contributed by atoms with E-state index in [2.05, 4.69) is 215 Å². The standard InChI is InChI=1S/C16H14.2C12H12.C8H16.C8H10/c1-11-3-7-15-13(9-11)5-6-14-10-12(2)4-8-16(14)15;2*1-9-3-5-12-8-10(2)4-6-11(12)7-9;2*1-7-3-5-8(2)6-4-7/h3-10H,1-2H3;2*3-8H,1-2H3;7-8H,3-6H2,1-2H3;3-6H,1-2H3. The lowest BCUT2D eigenvalue weighted by Crippen LogP contribution is -2.08. The van der Waals surface area contributed by atoms with Gasteiger partial charge in [-0.05, 0) is 110 Å². The number of aryl methyl sites for hydroxylation is 8. The van der Waals surface area contributed by atoms with E-state index in [1.165, 1.54) is 113 Å². The Hall–Kier alpha value is -5.20. The first-order valence-electron chi connectivity index (χ1n) is 20.7. The average molecular weight is 737 g/mol. The third-order valence-electron chi connectivity index (χ3n) is 11.0. The highest BCUT2D eigenvalue weighted by molar-refractivity contribution is 6.07. The van der Waals surface area contributed by atoms with Gasteiger partial charge >= 0.3 is 0 Å². The molecular formula is C56H64. The summed E-state index contributed by atoms with van der Waals surface area (Å²) in [6.07, 6.45) is 5.89. The van der Waals surface area contributed by atoms with Crippen molar-refractivity contribution in [1.82, 2.24) is 0 Å². The fourth-order valence-corrected chi connectivity index (χ4v) is 7.34. The lowest BCUT2D eigenvalue weighted by Gasteiger charge is -2.22. The van der Waals surface area contributed by atoms with Crippen LogP contribution in [0, 0.1) is 67.2 Å². The predicted molar refractivity (Wildman–Crippen MR) is 250 cm³/mol. The van der Waals surface area contributed by atoms with E-state index in [0.29, 0.717) is 0 Å². The summed E-state index contributed by atoms with van der Waals surface area (Å²) in [6.45, 7) is 21.7. The van der Waals surface area contributed by atoms with Crippen LogP contribution in [0.1, 0.15) is 84.0 Å². The molecule has 1 aliphatic carbocycles. The second-order valence-corrected chi connectivity index (χ2v) is 16.7. The molecule has 8 aromatic carbocycles. The van der Waals surface area contributed by atoms with E-state index in [4.69, 9.17) is 0 Å². The van der Waals surface area contributed by atoms with E-state index in [9.17, 15) is 0 Å². The molecule has 0 N–H and O–H groups in total. The molecule has 0 spiro atoms. The topological polar surface area (TPSA) is 0 Å². The summed E-state index contributed by atoms with van der Waals surface area (Å²) in [6, 6.07) is 52.4. The van der Waals surface area contributed by atoms with Gasteiger partial charge in [0.15, 0.2) is 0 Å². The van der Waals surface area contributed by atoms with Crippen LogP contribution in [0.3, 0.4) is 0 Å². The van der Waals surface area contributed by atoms with Gasteiger partial charge in [-0.25, -0.2) is 0 Å². The SMILES string of the molecule is CC1CCC(C)CC1.Cc1ccc(C)cc1.Cc1ccc2c(ccc3cc(C)ccc32)c1.Cc1ccc2cc(C)ccc2c1.Cc1ccc2cc(C)ccc2c1. The summed E-state index contributed by atoms with van der Waals surface area (Å²) in [7, 11) is 0. The Kier molecular flexibility index (Phi) is 15.1. The molecular weight excluding hydrogens is 673 g/mol. The van der Waals surface area contributed by atoms with Crippen molar-refractivity contribution in [2.45, 2.75) is 94.9 Å². The van der Waals surface area contributed by atoms with Gasteiger partial charge in [0, 0.05) is 0 Å². The summed E-state index contributed by atoms with van der Waals surface area (Å²) in [4.78, 5) is 0. The van der Waals surface area contributed by atoms with Crippen molar-refractivity contribution in [3.63, 3.8) is 0 Å². The first kappa shape index (κ1) is 42.0. The Morgan fingerprint density at radius 1 is 0.250 bits per heavy atom. The first-order valence-corrected chi connectivity index (χ1v) is 20.7. The molecule has 0 aromatic heterocycles. The van der Waals surface area contributed by atoms with Crippen molar-refractivity contribution in [3.8, 4) is 0 Å². The minimum absolute atomic E-state index is 1.02. The van der Waals surface area contributed by atoms with E-state index in [1.54, 1.807) is 0 Å². The third-order valence-corrected chi connectivity index (χ3v) is 11.0. The number of fused-ring (bicyclic) bond motifs is 5. The van der Waals surface area contributed by atoms with Crippen molar-refractivity contribution in [1.29, 1.82) is 0 Å². The van der Waals surface area contributed by atoms with Crippen molar-refractivity contribution in [3.05, 3.63) is 190 Å². The van der Waals surface area contributed by atoms with Gasteiger partial charge in [-0.15, -0.1) is 0 Å². The highest BCUT2D eigenvalue weighted by Gasteiger charge is 2.13. The number of rotatable bonds is 0. The lowest BCUT2D eigenvalue weighted by atomic mass is 9.84. The Labute approximate surface area is 338 Å². The van der Waals surface area contributed by atoms with Crippen LogP contribution in [0.5, 0.6) is 0 Å². The van der Waals surface area contributed by atoms with Gasteiger partial charge in [0.1, 0.15) is 0 Å². The van der Waals surface area contributed by atoms with Crippen LogP contribution in [0.4, 0.5) is 0 Å². The predicted octanol–water partition coefficient (Wildman–Crippen LogP) is 16.7. The molecule has 56 heavy (non-hydrogen) atoms. The minimum atomic E-state index is 1.02. The lowest BCUT2D eigenvalue weighted by molar-refractivity contribution is 0.308. The summed E-state index contributed by atoms with van der Waals surface area (Å²) in [5.41, 5.74) is 10.6. The molecule has 8 aromatic rings. The highest BCUT2D eigenvalue weighted by atomic mass is 14.2. The number of hydrogen-bond donors (Lipinski definition) is 0. The van der Waals surface area contributed by atoms with Crippen molar-refractivity contribution < 1.29 is 0 Å². The molecule has 0 nitrogen and oxygen atoms in total. The van der Waals surface area contributed by atoms with E-state index in [-0.39, 0.29) is 0 Å². The Balaban J connectivity index is 0.000000137. The van der Waals surface area contributed by atoms with Crippen LogP contribution >= 0.6 is 0 Å². The molecule has 0 radical (unpaired) electrons. The van der Waals surface area contributed by atoms with Gasteiger partial charge in [-0.3, -0.25) is 0 Å². The smallest absolute Gasteiger partial charge is 0.0105 e. The van der Waals surface area contributed by atoms with Gasteiger partial charge in [0.25, 0.3) is 0 Å². The van der Waals surface area contributed by atoms with Crippen molar-refractivity contribution in [2.75, 3.05) is 0 Å². The Morgan fingerprint density at radius 3 is 0.714 bits per heavy atom. The van der Waals surface area contributed by atoms with Gasteiger partial charge < -0.3 is 0 Å². The molecule has 0 heterocycles. The minimum Gasteiger partial charge on any atom is -0.0625 e. The molecule has 0 unspecified atom stereocenters. The zero-order valence-corrected chi connectivity index (χ0v) is 35.8. The summed E-state index contributed by atoms with van der Waals surface area (Å²) in [5.74, 6) is 2.04. The average Bonchev–Trinajstić information content (AvgIpc) is 3.18. The largest absolute Gasteiger partial charge is 0.0625 e. The Bertz CT molecular complexity index is 2210. The first-order chi connectivity index (χ1) is 26.8. The number of benzene rings is 8. The zero-order valence-electron chi connectivity index (χ0n) is 35.8. The van der Waals surface area contributed by atoms with Crippen LogP contribution in [0.2, 0.25) is 0 Å². The maximum absolute atomic E-state index is 2.37. The third kappa shape index (κ3) is 12.7. The van der Waals surface area contributed by atoms with Crippen LogP contribution in [-0.4, -0.2) is 0 Å². The van der Waals surface area contributed by atoms with Crippen LogP contribution in [0.15, 0.2) is 146 Å². The van der Waals surface area contributed by atoms with Crippen LogP contribution < -0.4 is 0 Å². The fourth-order valence-electron chi connectivity index (χ4n) is 7.34. The zero-order chi connectivity index (χ0) is 40.2. The number of hydrogen-bond acceptors (Lipinski definition) is 0. The normalized spacial score (nSPS) is 14.7. The van der Waals surface area contributed by atoms with Crippen LogP contribution in [-0.2, 0) is 0 Å². The molecule has 9 rings (SSSR count). The monoisotopic (exact) mass is 737 g/mol. The summed E-state index contributed by atoms with van der Waals surface area (Å²) in [5, 5.41) is 10.7. The summed E-state index contributed by atoms with van der Waals surface area (Å²) < 4.78 is 0. The summed E-state index contributed by atoms with van der Waals surface area (Å²) >= 11 is 0. The van der Waals surface area contributed by atoms with E-state index >= 15 is 0 Å². The molecule has 1 saturated carbocycles. The molecule has 1 fully saturated rings. The van der Waals surface area contributed by atoms with E-state index in [1.807, 2.05) is 0 Å². The van der Waals surface area contributed by atoms with Crippen LogP contribution in [0.25, 0.3) is 43.1 Å². The second-order valence-electron chi connectivity index (χ2n) is 16.7. The van der Waals surface area contributed by atoms with Gasteiger partial charge in [0.2, 0.25) is 0 Å². The molecule has 0 atom stereocenters. The highest BCUT2D eigenvalue weighted by Crippen LogP contribution is 2.28. The molecule has 288 valence electrons. The molecule has 0 aliphatic heterocycles. The quantitative estimate of drug-likeness (QED) is 0.136. The van der Waals surface area contributed by atoms with E-state index in [0.717, 1.165) is 11.8 Å². The molecule has 0 bridgehead atoms. The van der Waals surface area contributed by atoms with E-state index < -0.39 is 0 Å². The van der Waals surface area contributed by atoms with Gasteiger partial charge in [-0.2, -0.15) is 0 Å². The van der Waals surface area contributed by atoms with Crippen molar-refractivity contribution in [2.24, 2.45) is 11.8 Å². The van der Waals surface area contributed by atoms with Gasteiger partial charge in [0.05, 0.1) is 0 Å². The molecule has 0 amide bonds. The Morgan fingerprint density at radius 2 is 0.446 bits per heavy atom. The second kappa shape index (κ2) is 20.1. The van der Waals surface area contributed by atoms with Gasteiger partial charge in [-0.1, -0.05) is 230 Å². The molecule has 1 aliphatic rings. The van der Waals surface area contributed by atoms with Crippen molar-refractivity contribution >= 4 is 43.1 Å². The molecule has 0 heteroatoms. The maximum atomic E-state index is 2.37.